The molecule has 1 rings (SSSR count). The molecule has 1 unspecified atom stereocenters. The van der Waals surface area contributed by atoms with Crippen LogP contribution in [0.4, 0.5) is 0 Å². The van der Waals surface area contributed by atoms with Crippen molar-refractivity contribution < 1.29 is 19.4 Å². The minimum Gasteiger partial charge on any atom is -0.496 e. The predicted octanol–water partition coefficient (Wildman–Crippen LogP) is 2.07. The quantitative estimate of drug-likeness (QED) is 0.791. The number of aliphatic carboxylic acids is 1. The first-order chi connectivity index (χ1) is 9.10. The van der Waals surface area contributed by atoms with Crippen molar-refractivity contribution in [3.05, 3.63) is 29.8 Å². The SMILES string of the molecule is CCCCC(NC(=O)c1ccccc1OC)C(=O)O. The van der Waals surface area contributed by atoms with Crippen molar-refractivity contribution in [1.29, 1.82) is 0 Å². The molecule has 1 atom stereocenters. The van der Waals surface area contributed by atoms with Crippen molar-refractivity contribution in [3.63, 3.8) is 0 Å². The first-order valence-electron chi connectivity index (χ1n) is 6.26. The molecule has 5 heteroatoms. The molecule has 104 valence electrons. The zero-order chi connectivity index (χ0) is 14.3. The van der Waals surface area contributed by atoms with Crippen LogP contribution in [-0.2, 0) is 4.79 Å². The number of carbonyl (C=O) groups excluding carboxylic acids is 1. The van der Waals surface area contributed by atoms with E-state index in [0.29, 0.717) is 17.7 Å². The number of amides is 1. The van der Waals surface area contributed by atoms with Gasteiger partial charge in [-0.15, -0.1) is 0 Å². The van der Waals surface area contributed by atoms with Crippen molar-refractivity contribution in [2.75, 3.05) is 7.11 Å². The number of methoxy groups -OCH3 is 1. The summed E-state index contributed by atoms with van der Waals surface area (Å²) in [5.74, 6) is -1.02. The fraction of sp³-hybridized carbons (Fsp3) is 0.429. The molecule has 1 aromatic rings. The average molecular weight is 265 g/mol. The zero-order valence-corrected chi connectivity index (χ0v) is 11.2. The molecule has 0 saturated carbocycles. The lowest BCUT2D eigenvalue weighted by molar-refractivity contribution is -0.139. The number of carboxylic acid groups (broad SMARTS) is 1. The van der Waals surface area contributed by atoms with Gasteiger partial charge in [0.1, 0.15) is 11.8 Å². The van der Waals surface area contributed by atoms with E-state index in [4.69, 9.17) is 9.84 Å². The maximum atomic E-state index is 12.0. The third kappa shape index (κ3) is 4.28. The Morgan fingerprint density at radius 3 is 2.63 bits per heavy atom. The van der Waals surface area contributed by atoms with Crippen LogP contribution in [0, 0.1) is 0 Å². The Morgan fingerprint density at radius 1 is 1.37 bits per heavy atom. The molecule has 0 aliphatic rings. The number of benzene rings is 1. The van der Waals surface area contributed by atoms with Crippen molar-refractivity contribution >= 4 is 11.9 Å². The maximum absolute atomic E-state index is 12.0. The Bertz CT molecular complexity index is 445. The minimum atomic E-state index is -1.02. The number of hydrogen-bond donors (Lipinski definition) is 2. The van der Waals surface area contributed by atoms with Gasteiger partial charge in [0.15, 0.2) is 0 Å². The number of ether oxygens (including phenoxy) is 1. The molecule has 0 aliphatic carbocycles. The Kier molecular flexibility index (Phi) is 5.85. The fourth-order valence-corrected chi connectivity index (χ4v) is 1.73. The van der Waals surface area contributed by atoms with Gasteiger partial charge in [0, 0.05) is 0 Å². The number of hydrogen-bond acceptors (Lipinski definition) is 3. The summed E-state index contributed by atoms with van der Waals surface area (Å²) in [4.78, 5) is 23.1. The van der Waals surface area contributed by atoms with Crippen LogP contribution in [0.3, 0.4) is 0 Å². The summed E-state index contributed by atoms with van der Waals surface area (Å²) < 4.78 is 5.08. The van der Waals surface area contributed by atoms with Crippen molar-refractivity contribution in [2.45, 2.75) is 32.2 Å². The van der Waals surface area contributed by atoms with Gasteiger partial charge < -0.3 is 15.2 Å². The van der Waals surface area contributed by atoms with E-state index in [1.54, 1.807) is 24.3 Å². The van der Waals surface area contributed by atoms with Crippen LogP contribution in [0.5, 0.6) is 5.75 Å². The van der Waals surface area contributed by atoms with E-state index in [2.05, 4.69) is 5.32 Å². The summed E-state index contributed by atoms with van der Waals surface area (Å²) in [6.45, 7) is 1.97. The zero-order valence-electron chi connectivity index (χ0n) is 11.2. The Balaban J connectivity index is 2.78. The molecule has 0 saturated heterocycles. The first-order valence-corrected chi connectivity index (χ1v) is 6.26. The van der Waals surface area contributed by atoms with E-state index >= 15 is 0 Å². The van der Waals surface area contributed by atoms with Gasteiger partial charge in [0.25, 0.3) is 5.91 Å². The second-order valence-electron chi connectivity index (χ2n) is 4.21. The molecular weight excluding hydrogens is 246 g/mol. The Hall–Kier alpha value is -2.04. The van der Waals surface area contributed by atoms with Crippen molar-refractivity contribution in [3.8, 4) is 5.75 Å². The standard InChI is InChI=1S/C14H19NO4/c1-3-4-8-11(14(17)18)15-13(16)10-7-5-6-9-12(10)19-2/h5-7,9,11H,3-4,8H2,1-2H3,(H,15,16)(H,17,18). The lowest BCUT2D eigenvalue weighted by Crippen LogP contribution is -2.40. The van der Waals surface area contributed by atoms with Gasteiger partial charge >= 0.3 is 5.97 Å². The van der Waals surface area contributed by atoms with Gasteiger partial charge in [-0.05, 0) is 18.6 Å². The Morgan fingerprint density at radius 2 is 2.05 bits per heavy atom. The fourth-order valence-electron chi connectivity index (χ4n) is 1.73. The van der Waals surface area contributed by atoms with Gasteiger partial charge in [-0.2, -0.15) is 0 Å². The highest BCUT2D eigenvalue weighted by Crippen LogP contribution is 2.17. The highest BCUT2D eigenvalue weighted by molar-refractivity contribution is 5.98. The summed E-state index contributed by atoms with van der Waals surface area (Å²) in [7, 11) is 1.47. The summed E-state index contributed by atoms with van der Waals surface area (Å²) in [6, 6.07) is 5.86. The number of carbonyl (C=O) groups is 2. The lowest BCUT2D eigenvalue weighted by atomic mass is 10.1. The molecule has 0 bridgehead atoms. The van der Waals surface area contributed by atoms with Crippen molar-refractivity contribution in [2.24, 2.45) is 0 Å². The molecule has 2 N–H and O–H groups in total. The number of carboxylic acids is 1. The molecule has 1 amide bonds. The monoisotopic (exact) mass is 265 g/mol. The van der Waals surface area contributed by atoms with Crippen LogP contribution >= 0.6 is 0 Å². The number of para-hydroxylation sites is 1. The smallest absolute Gasteiger partial charge is 0.326 e. The average Bonchev–Trinajstić information content (AvgIpc) is 2.42. The summed E-state index contributed by atoms with van der Waals surface area (Å²) in [5.41, 5.74) is 0.341. The van der Waals surface area contributed by atoms with Crippen LogP contribution in [0.1, 0.15) is 36.5 Å². The van der Waals surface area contributed by atoms with Crippen LogP contribution in [-0.4, -0.2) is 30.1 Å². The Labute approximate surface area is 112 Å². The summed E-state index contributed by atoms with van der Waals surface area (Å²) in [5, 5.41) is 11.6. The lowest BCUT2D eigenvalue weighted by Gasteiger charge is -2.15. The topological polar surface area (TPSA) is 75.6 Å². The second-order valence-corrected chi connectivity index (χ2v) is 4.21. The van der Waals surface area contributed by atoms with Crippen LogP contribution in [0.2, 0.25) is 0 Å². The maximum Gasteiger partial charge on any atom is 0.326 e. The van der Waals surface area contributed by atoms with E-state index in [1.165, 1.54) is 7.11 Å². The highest BCUT2D eigenvalue weighted by atomic mass is 16.5. The molecule has 0 heterocycles. The highest BCUT2D eigenvalue weighted by Gasteiger charge is 2.21. The summed E-state index contributed by atoms with van der Waals surface area (Å²) >= 11 is 0. The van der Waals surface area contributed by atoms with Gasteiger partial charge in [-0.25, -0.2) is 4.79 Å². The molecule has 5 nitrogen and oxygen atoms in total. The summed E-state index contributed by atoms with van der Waals surface area (Å²) in [6.07, 6.45) is 2.06. The van der Waals surface area contributed by atoms with E-state index in [-0.39, 0.29) is 0 Å². The number of rotatable bonds is 7. The number of nitrogens with one attached hydrogen (secondary N) is 1. The van der Waals surface area contributed by atoms with Crippen molar-refractivity contribution in [1.82, 2.24) is 5.32 Å². The molecule has 0 spiro atoms. The molecule has 0 fully saturated rings. The van der Waals surface area contributed by atoms with Crippen LogP contribution < -0.4 is 10.1 Å². The second kappa shape index (κ2) is 7.41. The molecule has 19 heavy (non-hydrogen) atoms. The molecule has 0 aliphatic heterocycles. The van der Waals surface area contributed by atoms with Crippen LogP contribution in [0.15, 0.2) is 24.3 Å². The molecular formula is C14H19NO4. The van der Waals surface area contributed by atoms with E-state index < -0.39 is 17.9 Å². The predicted molar refractivity (Wildman–Crippen MR) is 71.4 cm³/mol. The molecule has 0 radical (unpaired) electrons. The normalized spacial score (nSPS) is 11.7. The van der Waals surface area contributed by atoms with Crippen LogP contribution in [0.25, 0.3) is 0 Å². The van der Waals surface area contributed by atoms with Gasteiger partial charge in [-0.3, -0.25) is 4.79 Å². The molecule has 0 aromatic heterocycles. The van der Waals surface area contributed by atoms with E-state index in [9.17, 15) is 9.59 Å². The third-order valence-electron chi connectivity index (χ3n) is 2.80. The van der Waals surface area contributed by atoms with Gasteiger partial charge in [0.05, 0.1) is 12.7 Å². The molecule has 1 aromatic carbocycles. The van der Waals surface area contributed by atoms with E-state index in [0.717, 1.165) is 12.8 Å². The third-order valence-corrected chi connectivity index (χ3v) is 2.80. The van der Waals surface area contributed by atoms with E-state index in [1.807, 2.05) is 6.92 Å². The largest absolute Gasteiger partial charge is 0.496 e. The van der Waals surface area contributed by atoms with Gasteiger partial charge in [-0.1, -0.05) is 31.9 Å². The van der Waals surface area contributed by atoms with Gasteiger partial charge in [0.2, 0.25) is 0 Å². The first kappa shape index (κ1) is 15.0. The minimum absolute atomic E-state index is 0.341. The number of unbranched alkanes of at least 4 members (excludes halogenated alkanes) is 1.